The molecule has 0 aliphatic carbocycles. The van der Waals surface area contributed by atoms with Gasteiger partial charge in [0.1, 0.15) is 6.54 Å². The topological polar surface area (TPSA) is 58.4 Å². The molecule has 0 aliphatic rings. The molecular formula is C14H16ClN3O2. The van der Waals surface area contributed by atoms with Gasteiger partial charge in [0, 0.05) is 17.8 Å². The fourth-order valence-corrected chi connectivity index (χ4v) is 2.27. The maximum Gasteiger partial charge on any atom is 0.323 e. The lowest BCUT2D eigenvalue weighted by atomic mass is 10.2. The summed E-state index contributed by atoms with van der Waals surface area (Å²) in [5.74, 6) is -0.885. The summed E-state index contributed by atoms with van der Waals surface area (Å²) < 4.78 is 1.76. The molecule has 0 fully saturated rings. The summed E-state index contributed by atoms with van der Waals surface area (Å²) >= 11 is 5.97. The maximum absolute atomic E-state index is 11.1. The number of halogens is 1. The average Bonchev–Trinajstić information content (AvgIpc) is 2.66. The van der Waals surface area contributed by atoms with Crippen molar-refractivity contribution in [1.82, 2.24) is 9.78 Å². The van der Waals surface area contributed by atoms with Crippen LogP contribution in [-0.4, -0.2) is 27.4 Å². The second-order valence-corrected chi connectivity index (χ2v) is 5.07. The molecule has 0 amide bonds. The summed E-state index contributed by atoms with van der Waals surface area (Å²) in [6.45, 7) is 2.28. The van der Waals surface area contributed by atoms with Gasteiger partial charge < -0.3 is 10.0 Å². The first kappa shape index (κ1) is 14.4. The zero-order valence-electron chi connectivity index (χ0n) is 11.4. The van der Waals surface area contributed by atoms with Crippen LogP contribution in [0.25, 0.3) is 0 Å². The van der Waals surface area contributed by atoms with Gasteiger partial charge in [-0.1, -0.05) is 17.7 Å². The minimum absolute atomic E-state index is 0.0927. The zero-order valence-corrected chi connectivity index (χ0v) is 12.1. The fourth-order valence-electron chi connectivity index (χ4n) is 2.08. The number of rotatable bonds is 5. The van der Waals surface area contributed by atoms with Crippen LogP contribution in [0.15, 0.2) is 30.3 Å². The first-order chi connectivity index (χ1) is 9.45. The van der Waals surface area contributed by atoms with Crippen LogP contribution in [0.4, 0.5) is 5.69 Å². The van der Waals surface area contributed by atoms with Crippen molar-refractivity contribution in [3.63, 3.8) is 0 Å². The van der Waals surface area contributed by atoms with Crippen LogP contribution in [0.2, 0.25) is 5.02 Å². The highest BCUT2D eigenvalue weighted by molar-refractivity contribution is 6.30. The number of benzene rings is 1. The van der Waals surface area contributed by atoms with Gasteiger partial charge in [0.25, 0.3) is 0 Å². The van der Waals surface area contributed by atoms with E-state index in [1.54, 1.807) is 27.8 Å². The molecule has 0 aliphatic heterocycles. The number of hydrogen-bond acceptors (Lipinski definition) is 3. The lowest BCUT2D eigenvalue weighted by Gasteiger charge is -2.23. The van der Waals surface area contributed by atoms with E-state index in [0.717, 1.165) is 17.1 Å². The third-order valence-corrected chi connectivity index (χ3v) is 3.19. The van der Waals surface area contributed by atoms with Gasteiger partial charge in [-0.3, -0.25) is 9.48 Å². The molecule has 1 aromatic heterocycles. The molecule has 5 nitrogen and oxygen atoms in total. The SMILES string of the molecule is Cc1cc(CN(CC(=O)O)c2cccc(Cl)c2)n(C)n1. The molecule has 6 heteroatoms. The lowest BCUT2D eigenvalue weighted by Crippen LogP contribution is -2.30. The lowest BCUT2D eigenvalue weighted by molar-refractivity contribution is -0.135. The molecule has 2 aromatic rings. The molecule has 2 rings (SSSR count). The molecule has 106 valence electrons. The zero-order chi connectivity index (χ0) is 14.7. The van der Waals surface area contributed by atoms with Gasteiger partial charge in [-0.2, -0.15) is 5.10 Å². The van der Waals surface area contributed by atoms with Gasteiger partial charge >= 0.3 is 5.97 Å². The van der Waals surface area contributed by atoms with Crippen LogP contribution in [0.3, 0.4) is 0 Å². The molecular weight excluding hydrogens is 278 g/mol. The Morgan fingerprint density at radius 3 is 2.75 bits per heavy atom. The Morgan fingerprint density at radius 2 is 2.20 bits per heavy atom. The van der Waals surface area contributed by atoms with Gasteiger partial charge in [-0.25, -0.2) is 0 Å². The molecule has 0 atom stereocenters. The first-order valence-corrected chi connectivity index (χ1v) is 6.55. The number of anilines is 1. The van der Waals surface area contributed by atoms with Crippen molar-refractivity contribution in [3.8, 4) is 0 Å². The van der Waals surface area contributed by atoms with Gasteiger partial charge in [0.2, 0.25) is 0 Å². The van der Waals surface area contributed by atoms with Crippen molar-refractivity contribution < 1.29 is 9.90 Å². The summed E-state index contributed by atoms with van der Waals surface area (Å²) in [4.78, 5) is 12.8. The van der Waals surface area contributed by atoms with Crippen molar-refractivity contribution in [2.75, 3.05) is 11.4 Å². The van der Waals surface area contributed by atoms with Crippen LogP contribution in [0.5, 0.6) is 0 Å². The Bertz CT molecular complexity index is 625. The van der Waals surface area contributed by atoms with Crippen molar-refractivity contribution in [2.24, 2.45) is 7.05 Å². The van der Waals surface area contributed by atoms with Crippen LogP contribution in [0, 0.1) is 6.92 Å². The quantitative estimate of drug-likeness (QED) is 0.920. The van der Waals surface area contributed by atoms with Gasteiger partial charge in [-0.15, -0.1) is 0 Å². The number of hydrogen-bond donors (Lipinski definition) is 1. The van der Waals surface area contributed by atoms with Gasteiger partial charge in [0.05, 0.1) is 17.9 Å². The predicted molar refractivity (Wildman–Crippen MR) is 78.1 cm³/mol. The molecule has 0 spiro atoms. The van der Waals surface area contributed by atoms with Crippen LogP contribution >= 0.6 is 11.6 Å². The predicted octanol–water partition coefficient (Wildman–Crippen LogP) is 2.47. The summed E-state index contributed by atoms with van der Waals surface area (Å²) in [7, 11) is 1.85. The van der Waals surface area contributed by atoms with Crippen molar-refractivity contribution in [1.29, 1.82) is 0 Å². The highest BCUT2D eigenvalue weighted by Gasteiger charge is 2.14. The van der Waals surface area contributed by atoms with E-state index in [2.05, 4.69) is 5.10 Å². The second-order valence-electron chi connectivity index (χ2n) is 4.63. The van der Waals surface area contributed by atoms with Crippen molar-refractivity contribution in [3.05, 3.63) is 46.7 Å². The van der Waals surface area contributed by atoms with Crippen LogP contribution in [-0.2, 0) is 18.4 Å². The minimum Gasteiger partial charge on any atom is -0.480 e. The third-order valence-electron chi connectivity index (χ3n) is 2.95. The monoisotopic (exact) mass is 293 g/mol. The molecule has 1 N–H and O–H groups in total. The molecule has 1 heterocycles. The van der Waals surface area contributed by atoms with Crippen LogP contribution < -0.4 is 4.90 Å². The molecule has 0 radical (unpaired) electrons. The van der Waals surface area contributed by atoms with E-state index in [9.17, 15) is 4.79 Å². The highest BCUT2D eigenvalue weighted by Crippen LogP contribution is 2.21. The molecule has 0 unspecified atom stereocenters. The van der Waals surface area contributed by atoms with Gasteiger partial charge in [0.15, 0.2) is 0 Å². The minimum atomic E-state index is -0.885. The van der Waals surface area contributed by atoms with Crippen LogP contribution in [0.1, 0.15) is 11.4 Å². The molecule has 0 saturated carbocycles. The number of aryl methyl sites for hydroxylation is 2. The summed E-state index contributed by atoms with van der Waals surface area (Å²) in [6.07, 6.45) is 0. The van der Waals surface area contributed by atoms with E-state index in [1.165, 1.54) is 0 Å². The van der Waals surface area contributed by atoms with E-state index in [0.29, 0.717) is 11.6 Å². The Hall–Kier alpha value is -2.01. The molecule has 0 saturated heterocycles. The number of aliphatic carboxylic acids is 1. The summed E-state index contributed by atoms with van der Waals surface area (Å²) in [5.41, 5.74) is 2.63. The number of carboxylic acid groups (broad SMARTS) is 1. The van der Waals surface area contributed by atoms with E-state index >= 15 is 0 Å². The number of aromatic nitrogens is 2. The number of carboxylic acids is 1. The van der Waals surface area contributed by atoms with E-state index < -0.39 is 5.97 Å². The Morgan fingerprint density at radius 1 is 1.45 bits per heavy atom. The Kier molecular flexibility index (Phi) is 4.29. The molecule has 20 heavy (non-hydrogen) atoms. The smallest absolute Gasteiger partial charge is 0.323 e. The van der Waals surface area contributed by atoms with Crippen molar-refractivity contribution in [2.45, 2.75) is 13.5 Å². The highest BCUT2D eigenvalue weighted by atomic mass is 35.5. The summed E-state index contributed by atoms with van der Waals surface area (Å²) in [6, 6.07) is 9.12. The average molecular weight is 294 g/mol. The second kappa shape index (κ2) is 5.96. The fraction of sp³-hybridized carbons (Fsp3) is 0.286. The molecule has 0 bridgehead atoms. The molecule has 1 aromatic carbocycles. The van der Waals surface area contributed by atoms with Crippen molar-refractivity contribution >= 4 is 23.3 Å². The van der Waals surface area contributed by atoms with E-state index in [-0.39, 0.29) is 6.54 Å². The number of carbonyl (C=O) groups is 1. The van der Waals surface area contributed by atoms with E-state index in [1.807, 2.05) is 26.1 Å². The third kappa shape index (κ3) is 3.51. The standard InChI is InChI=1S/C14H16ClN3O2/c1-10-6-13(17(2)16-10)8-18(9-14(19)20)12-5-3-4-11(15)7-12/h3-7H,8-9H2,1-2H3,(H,19,20). The normalized spacial score (nSPS) is 10.6. The largest absolute Gasteiger partial charge is 0.480 e. The number of nitrogens with zero attached hydrogens (tertiary/aromatic N) is 3. The maximum atomic E-state index is 11.1. The first-order valence-electron chi connectivity index (χ1n) is 6.17. The Labute approximate surface area is 122 Å². The van der Waals surface area contributed by atoms with Gasteiger partial charge in [-0.05, 0) is 31.2 Å². The summed E-state index contributed by atoms with van der Waals surface area (Å²) in [5, 5.41) is 13.9. The Balaban J connectivity index is 2.28. The van der Waals surface area contributed by atoms with E-state index in [4.69, 9.17) is 16.7 Å².